The molecule has 1 atom stereocenters. The normalized spacial score (nSPS) is 11.8. The summed E-state index contributed by atoms with van der Waals surface area (Å²) in [6.07, 6.45) is 10.8. The summed E-state index contributed by atoms with van der Waals surface area (Å²) in [5, 5.41) is 3.47. The summed E-state index contributed by atoms with van der Waals surface area (Å²) in [5.74, 6) is 3.33. The molecule has 0 aliphatic rings. The van der Waals surface area contributed by atoms with E-state index >= 15 is 0 Å². The molecule has 0 saturated heterocycles. The molecule has 2 rings (SSSR count). The number of nitrogens with zero attached hydrogens (tertiary/aromatic N) is 2. The Balaban J connectivity index is 1.88. The lowest BCUT2D eigenvalue weighted by Gasteiger charge is -2.16. The minimum atomic E-state index is 0.293. The van der Waals surface area contributed by atoms with E-state index in [0.717, 1.165) is 24.4 Å². The number of terminal acetylenes is 1. The summed E-state index contributed by atoms with van der Waals surface area (Å²) in [7, 11) is 0. The van der Waals surface area contributed by atoms with E-state index in [2.05, 4.69) is 27.7 Å². The van der Waals surface area contributed by atoms with Gasteiger partial charge in [0.1, 0.15) is 12.4 Å². The zero-order valence-corrected chi connectivity index (χ0v) is 11.6. The molecule has 1 N–H and O–H groups in total. The van der Waals surface area contributed by atoms with Gasteiger partial charge in [0, 0.05) is 37.1 Å². The molecule has 1 unspecified atom stereocenters. The first-order chi connectivity index (χ1) is 9.79. The van der Waals surface area contributed by atoms with E-state index in [9.17, 15) is 0 Å². The smallest absolute Gasteiger partial charge is 0.148 e. The molecule has 1 aromatic heterocycles. The van der Waals surface area contributed by atoms with E-state index in [1.165, 1.54) is 0 Å². The molecule has 0 aliphatic heterocycles. The minimum Gasteiger partial charge on any atom is -0.481 e. The fourth-order valence-electron chi connectivity index (χ4n) is 1.97. The SMILES string of the molecule is C#CCOc1ccccc1CNC(C)Cn1ccnc1. The van der Waals surface area contributed by atoms with Gasteiger partial charge >= 0.3 is 0 Å². The van der Waals surface area contributed by atoms with Crippen molar-refractivity contribution in [3.63, 3.8) is 0 Å². The van der Waals surface area contributed by atoms with E-state index < -0.39 is 0 Å². The van der Waals surface area contributed by atoms with Crippen LogP contribution in [0.25, 0.3) is 0 Å². The van der Waals surface area contributed by atoms with Crippen LogP contribution in [-0.4, -0.2) is 22.2 Å². The van der Waals surface area contributed by atoms with Gasteiger partial charge in [0.15, 0.2) is 0 Å². The molecule has 0 fully saturated rings. The third-order valence-corrected chi connectivity index (χ3v) is 2.97. The van der Waals surface area contributed by atoms with Crippen molar-refractivity contribution in [1.82, 2.24) is 14.9 Å². The summed E-state index contributed by atoms with van der Waals surface area (Å²) in [4.78, 5) is 4.04. The molecule has 4 nitrogen and oxygen atoms in total. The molecule has 0 radical (unpaired) electrons. The fraction of sp³-hybridized carbons (Fsp3) is 0.312. The van der Waals surface area contributed by atoms with Gasteiger partial charge in [0.2, 0.25) is 0 Å². The molecule has 1 heterocycles. The molecule has 0 amide bonds. The van der Waals surface area contributed by atoms with Crippen LogP contribution in [0.5, 0.6) is 5.75 Å². The minimum absolute atomic E-state index is 0.293. The molecular weight excluding hydrogens is 250 g/mol. The first-order valence-corrected chi connectivity index (χ1v) is 6.63. The highest BCUT2D eigenvalue weighted by molar-refractivity contribution is 5.33. The Labute approximate surface area is 119 Å². The maximum absolute atomic E-state index is 5.53. The summed E-state index contributed by atoms with van der Waals surface area (Å²) in [6.45, 7) is 4.07. The number of rotatable bonds is 7. The van der Waals surface area contributed by atoms with Crippen LogP contribution in [0.4, 0.5) is 0 Å². The Hall–Kier alpha value is -2.25. The number of ether oxygens (including phenoxy) is 1. The lowest BCUT2D eigenvalue weighted by molar-refractivity contribution is 0.362. The Kier molecular flexibility index (Phi) is 5.22. The van der Waals surface area contributed by atoms with Crippen LogP contribution in [0, 0.1) is 12.3 Å². The predicted octanol–water partition coefficient (Wildman–Crippen LogP) is 2.07. The number of hydrogen-bond acceptors (Lipinski definition) is 3. The molecule has 0 aliphatic carbocycles. The summed E-state index contributed by atoms with van der Waals surface area (Å²) >= 11 is 0. The van der Waals surface area contributed by atoms with Gasteiger partial charge in [0.25, 0.3) is 0 Å². The summed E-state index contributed by atoms with van der Waals surface area (Å²) in [6, 6.07) is 8.27. The zero-order chi connectivity index (χ0) is 14.2. The highest BCUT2D eigenvalue weighted by Gasteiger charge is 2.06. The van der Waals surface area contributed by atoms with Gasteiger partial charge in [-0.1, -0.05) is 24.1 Å². The van der Waals surface area contributed by atoms with Crippen molar-refractivity contribution in [1.29, 1.82) is 0 Å². The molecule has 1 aromatic carbocycles. The van der Waals surface area contributed by atoms with Crippen LogP contribution in [0.1, 0.15) is 12.5 Å². The van der Waals surface area contributed by atoms with Gasteiger partial charge in [-0.3, -0.25) is 0 Å². The standard InChI is InChI=1S/C16H19N3O/c1-3-10-20-16-7-5-4-6-15(16)11-18-14(2)12-19-9-8-17-13-19/h1,4-9,13-14,18H,10-12H2,2H3. The number of imidazole rings is 1. The molecule has 0 bridgehead atoms. The van der Waals surface area contributed by atoms with E-state index in [4.69, 9.17) is 11.2 Å². The van der Waals surface area contributed by atoms with E-state index in [1.54, 1.807) is 6.20 Å². The Morgan fingerprint density at radius 2 is 2.30 bits per heavy atom. The summed E-state index contributed by atoms with van der Waals surface area (Å²) in [5.41, 5.74) is 1.11. The lowest BCUT2D eigenvalue weighted by Crippen LogP contribution is -2.29. The van der Waals surface area contributed by atoms with Crippen molar-refractivity contribution in [2.75, 3.05) is 6.61 Å². The van der Waals surface area contributed by atoms with Crippen molar-refractivity contribution < 1.29 is 4.74 Å². The number of para-hydroxylation sites is 1. The largest absolute Gasteiger partial charge is 0.481 e. The van der Waals surface area contributed by atoms with Crippen LogP contribution >= 0.6 is 0 Å². The van der Waals surface area contributed by atoms with Crippen molar-refractivity contribution in [2.24, 2.45) is 0 Å². The van der Waals surface area contributed by atoms with Crippen LogP contribution in [-0.2, 0) is 13.1 Å². The Morgan fingerprint density at radius 3 is 3.05 bits per heavy atom. The molecule has 0 saturated carbocycles. The highest BCUT2D eigenvalue weighted by Crippen LogP contribution is 2.17. The summed E-state index contributed by atoms with van der Waals surface area (Å²) < 4.78 is 7.59. The second-order valence-corrected chi connectivity index (χ2v) is 4.64. The second-order valence-electron chi connectivity index (χ2n) is 4.64. The monoisotopic (exact) mass is 269 g/mol. The van der Waals surface area contributed by atoms with Gasteiger partial charge in [-0.05, 0) is 13.0 Å². The van der Waals surface area contributed by atoms with Gasteiger partial charge in [-0.2, -0.15) is 0 Å². The second kappa shape index (κ2) is 7.37. The highest BCUT2D eigenvalue weighted by atomic mass is 16.5. The first-order valence-electron chi connectivity index (χ1n) is 6.63. The average Bonchev–Trinajstić information content (AvgIpc) is 2.96. The van der Waals surface area contributed by atoms with Crippen LogP contribution < -0.4 is 10.1 Å². The quantitative estimate of drug-likeness (QED) is 0.782. The van der Waals surface area contributed by atoms with E-state index in [1.807, 2.05) is 36.8 Å². The van der Waals surface area contributed by atoms with Crippen molar-refractivity contribution >= 4 is 0 Å². The van der Waals surface area contributed by atoms with Crippen LogP contribution in [0.15, 0.2) is 43.0 Å². The molecule has 4 heteroatoms. The van der Waals surface area contributed by atoms with Crippen LogP contribution in [0.3, 0.4) is 0 Å². The van der Waals surface area contributed by atoms with Crippen molar-refractivity contribution in [3.8, 4) is 18.1 Å². The Bertz CT molecular complexity index is 557. The molecule has 2 aromatic rings. The van der Waals surface area contributed by atoms with Gasteiger partial charge in [0.05, 0.1) is 6.33 Å². The fourth-order valence-corrected chi connectivity index (χ4v) is 1.97. The molecular formula is C16H19N3O. The van der Waals surface area contributed by atoms with Crippen LogP contribution in [0.2, 0.25) is 0 Å². The predicted molar refractivity (Wildman–Crippen MR) is 79.3 cm³/mol. The first kappa shape index (κ1) is 14.2. The number of hydrogen-bond donors (Lipinski definition) is 1. The third-order valence-electron chi connectivity index (χ3n) is 2.97. The van der Waals surface area contributed by atoms with Crippen molar-refractivity contribution in [2.45, 2.75) is 26.1 Å². The van der Waals surface area contributed by atoms with E-state index in [0.29, 0.717) is 12.6 Å². The molecule has 20 heavy (non-hydrogen) atoms. The van der Waals surface area contributed by atoms with Gasteiger partial charge in [-0.25, -0.2) is 4.98 Å². The van der Waals surface area contributed by atoms with Crippen molar-refractivity contribution in [3.05, 3.63) is 48.5 Å². The maximum atomic E-state index is 5.53. The maximum Gasteiger partial charge on any atom is 0.148 e. The number of nitrogens with one attached hydrogen (secondary N) is 1. The number of aromatic nitrogens is 2. The Morgan fingerprint density at radius 1 is 1.45 bits per heavy atom. The number of benzene rings is 1. The van der Waals surface area contributed by atoms with Gasteiger partial charge in [-0.15, -0.1) is 6.42 Å². The topological polar surface area (TPSA) is 39.1 Å². The van der Waals surface area contributed by atoms with E-state index in [-0.39, 0.29) is 0 Å². The third kappa shape index (κ3) is 4.15. The average molecular weight is 269 g/mol. The molecule has 104 valence electrons. The molecule has 0 spiro atoms. The van der Waals surface area contributed by atoms with Gasteiger partial charge < -0.3 is 14.6 Å². The zero-order valence-electron chi connectivity index (χ0n) is 11.6. The lowest BCUT2D eigenvalue weighted by atomic mass is 10.2.